The van der Waals surface area contributed by atoms with Gasteiger partial charge in [0.15, 0.2) is 9.84 Å². The molecule has 0 bridgehead atoms. The molecular formula is C12H17NO4S. The van der Waals surface area contributed by atoms with E-state index < -0.39 is 21.5 Å². The van der Waals surface area contributed by atoms with Crippen LogP contribution in [0.25, 0.3) is 0 Å². The quantitative estimate of drug-likeness (QED) is 0.738. The molecule has 1 aromatic rings. The summed E-state index contributed by atoms with van der Waals surface area (Å²) < 4.78 is 28.5. The molecule has 100 valence electrons. The number of methoxy groups -OCH3 is 1. The first kappa shape index (κ1) is 14.7. The van der Waals surface area contributed by atoms with Gasteiger partial charge in [-0.25, -0.2) is 8.42 Å². The lowest BCUT2D eigenvalue weighted by Crippen LogP contribution is -2.31. The number of hydrogen-bond donors (Lipinski definition) is 1. The standard InChI is InChI=1S/C12H17NO4S/c1-17-9-5-8-13-12(14)10-18(15,16)11-6-3-2-4-7-11/h2-4,6-7H,5,8-10H2,1H3,(H,13,14). The van der Waals surface area contributed by atoms with Gasteiger partial charge in [0.1, 0.15) is 5.75 Å². The van der Waals surface area contributed by atoms with Crippen molar-refractivity contribution in [1.29, 1.82) is 0 Å². The van der Waals surface area contributed by atoms with Crippen LogP contribution in [-0.4, -0.2) is 40.3 Å². The average Bonchev–Trinajstić information content (AvgIpc) is 2.35. The van der Waals surface area contributed by atoms with E-state index in [-0.39, 0.29) is 4.90 Å². The molecule has 0 spiro atoms. The van der Waals surface area contributed by atoms with Gasteiger partial charge in [-0.15, -0.1) is 0 Å². The lowest BCUT2D eigenvalue weighted by Gasteiger charge is -2.06. The highest BCUT2D eigenvalue weighted by Crippen LogP contribution is 2.09. The minimum Gasteiger partial charge on any atom is -0.385 e. The number of carbonyl (C=O) groups excluding carboxylic acids is 1. The Morgan fingerprint density at radius 1 is 1.28 bits per heavy atom. The summed E-state index contributed by atoms with van der Waals surface area (Å²) in [5, 5.41) is 2.55. The van der Waals surface area contributed by atoms with Crippen LogP contribution in [0.5, 0.6) is 0 Å². The second-order valence-electron chi connectivity index (χ2n) is 3.77. The number of nitrogens with one attached hydrogen (secondary N) is 1. The predicted octanol–water partition coefficient (Wildman–Crippen LogP) is 0.613. The second kappa shape index (κ2) is 7.13. The second-order valence-corrected chi connectivity index (χ2v) is 5.76. The van der Waals surface area contributed by atoms with E-state index in [2.05, 4.69) is 5.32 Å². The number of amides is 1. The average molecular weight is 271 g/mol. The van der Waals surface area contributed by atoms with Crippen LogP contribution in [0, 0.1) is 0 Å². The first-order valence-electron chi connectivity index (χ1n) is 5.59. The van der Waals surface area contributed by atoms with Crippen molar-refractivity contribution in [2.45, 2.75) is 11.3 Å². The third-order valence-electron chi connectivity index (χ3n) is 2.27. The van der Waals surface area contributed by atoms with Crippen LogP contribution in [0.3, 0.4) is 0 Å². The third-order valence-corrected chi connectivity index (χ3v) is 3.90. The van der Waals surface area contributed by atoms with E-state index in [9.17, 15) is 13.2 Å². The molecule has 0 radical (unpaired) electrons. The minimum absolute atomic E-state index is 0.164. The van der Waals surface area contributed by atoms with E-state index in [1.54, 1.807) is 25.3 Å². The summed E-state index contributed by atoms with van der Waals surface area (Å²) in [5.41, 5.74) is 0. The molecule has 0 unspecified atom stereocenters. The molecule has 18 heavy (non-hydrogen) atoms. The molecule has 1 N–H and O–H groups in total. The smallest absolute Gasteiger partial charge is 0.235 e. The predicted molar refractivity (Wildman–Crippen MR) is 68.0 cm³/mol. The van der Waals surface area contributed by atoms with Crippen molar-refractivity contribution >= 4 is 15.7 Å². The number of hydrogen-bond acceptors (Lipinski definition) is 4. The van der Waals surface area contributed by atoms with Crippen molar-refractivity contribution in [3.63, 3.8) is 0 Å². The van der Waals surface area contributed by atoms with Crippen molar-refractivity contribution in [1.82, 2.24) is 5.32 Å². The number of sulfone groups is 1. The summed E-state index contributed by atoms with van der Waals surface area (Å²) in [6.07, 6.45) is 0.660. The van der Waals surface area contributed by atoms with E-state index in [1.165, 1.54) is 12.1 Å². The van der Waals surface area contributed by atoms with Gasteiger partial charge in [0.25, 0.3) is 0 Å². The first-order chi connectivity index (χ1) is 8.56. The molecule has 0 saturated heterocycles. The van der Waals surface area contributed by atoms with Gasteiger partial charge in [-0.05, 0) is 18.6 Å². The van der Waals surface area contributed by atoms with E-state index in [0.717, 1.165) is 0 Å². The Hall–Kier alpha value is -1.40. The largest absolute Gasteiger partial charge is 0.385 e. The molecule has 6 heteroatoms. The van der Waals surface area contributed by atoms with Crippen molar-refractivity contribution in [2.75, 3.05) is 26.0 Å². The van der Waals surface area contributed by atoms with E-state index >= 15 is 0 Å². The highest BCUT2D eigenvalue weighted by Gasteiger charge is 2.18. The first-order valence-corrected chi connectivity index (χ1v) is 7.25. The molecule has 0 fully saturated rings. The van der Waals surface area contributed by atoms with Gasteiger partial charge in [-0.3, -0.25) is 4.79 Å². The Balaban J connectivity index is 2.49. The Morgan fingerprint density at radius 2 is 1.94 bits per heavy atom. The molecule has 1 amide bonds. The maximum atomic E-state index is 11.8. The zero-order valence-corrected chi connectivity index (χ0v) is 11.1. The van der Waals surface area contributed by atoms with Crippen molar-refractivity contribution in [2.24, 2.45) is 0 Å². The number of carbonyl (C=O) groups is 1. The minimum atomic E-state index is -3.55. The summed E-state index contributed by atoms with van der Waals surface area (Å²) in [6, 6.07) is 7.94. The van der Waals surface area contributed by atoms with Gasteiger partial charge >= 0.3 is 0 Å². The molecule has 0 atom stereocenters. The van der Waals surface area contributed by atoms with Gasteiger partial charge in [0, 0.05) is 20.3 Å². The van der Waals surface area contributed by atoms with Gasteiger partial charge in [-0.2, -0.15) is 0 Å². The molecular weight excluding hydrogens is 254 g/mol. The number of rotatable bonds is 7. The topological polar surface area (TPSA) is 72.5 Å². The molecule has 0 heterocycles. The van der Waals surface area contributed by atoms with Crippen LogP contribution in [-0.2, 0) is 19.4 Å². The van der Waals surface area contributed by atoms with E-state index in [1.807, 2.05) is 0 Å². The molecule has 1 rings (SSSR count). The van der Waals surface area contributed by atoms with Crippen LogP contribution in [0.2, 0.25) is 0 Å². The van der Waals surface area contributed by atoms with Crippen LogP contribution in [0.4, 0.5) is 0 Å². The van der Waals surface area contributed by atoms with Gasteiger partial charge in [0.2, 0.25) is 5.91 Å². The SMILES string of the molecule is COCCCNC(=O)CS(=O)(=O)c1ccccc1. The fourth-order valence-electron chi connectivity index (χ4n) is 1.38. The molecule has 0 aliphatic heterocycles. The summed E-state index contributed by atoms with van der Waals surface area (Å²) >= 11 is 0. The molecule has 0 aliphatic rings. The van der Waals surface area contributed by atoms with E-state index in [4.69, 9.17) is 4.74 Å². The molecule has 0 aliphatic carbocycles. The monoisotopic (exact) mass is 271 g/mol. The van der Waals surface area contributed by atoms with Crippen LogP contribution < -0.4 is 5.32 Å². The Kier molecular flexibility index (Phi) is 5.80. The lowest BCUT2D eigenvalue weighted by atomic mass is 10.4. The zero-order chi connectivity index (χ0) is 13.4. The molecule has 0 aromatic heterocycles. The number of ether oxygens (including phenoxy) is 1. The normalized spacial score (nSPS) is 11.2. The lowest BCUT2D eigenvalue weighted by molar-refractivity contribution is -0.118. The Morgan fingerprint density at radius 3 is 2.56 bits per heavy atom. The summed E-state index contributed by atoms with van der Waals surface area (Å²) in [5.74, 6) is -1.01. The molecule has 1 aromatic carbocycles. The molecule has 0 saturated carbocycles. The van der Waals surface area contributed by atoms with Gasteiger partial charge in [-0.1, -0.05) is 18.2 Å². The van der Waals surface area contributed by atoms with Crippen LogP contribution in [0.1, 0.15) is 6.42 Å². The molecule has 5 nitrogen and oxygen atoms in total. The van der Waals surface area contributed by atoms with Gasteiger partial charge in [0.05, 0.1) is 4.90 Å². The Labute approximate surface area is 107 Å². The highest BCUT2D eigenvalue weighted by molar-refractivity contribution is 7.92. The van der Waals surface area contributed by atoms with Crippen molar-refractivity contribution < 1.29 is 17.9 Å². The maximum Gasteiger partial charge on any atom is 0.235 e. The highest BCUT2D eigenvalue weighted by atomic mass is 32.2. The summed E-state index contributed by atoms with van der Waals surface area (Å²) in [6.45, 7) is 0.947. The summed E-state index contributed by atoms with van der Waals surface area (Å²) in [7, 11) is -1.97. The zero-order valence-electron chi connectivity index (χ0n) is 10.3. The fraction of sp³-hybridized carbons (Fsp3) is 0.417. The maximum absolute atomic E-state index is 11.8. The van der Waals surface area contributed by atoms with Crippen LogP contribution in [0.15, 0.2) is 35.2 Å². The Bertz CT molecular complexity index is 470. The van der Waals surface area contributed by atoms with Crippen molar-refractivity contribution in [3.05, 3.63) is 30.3 Å². The number of benzene rings is 1. The van der Waals surface area contributed by atoms with Gasteiger partial charge < -0.3 is 10.1 Å². The van der Waals surface area contributed by atoms with E-state index in [0.29, 0.717) is 19.6 Å². The third kappa shape index (κ3) is 4.85. The summed E-state index contributed by atoms with van der Waals surface area (Å²) in [4.78, 5) is 11.6. The fourth-order valence-corrected chi connectivity index (χ4v) is 2.56. The van der Waals surface area contributed by atoms with Crippen molar-refractivity contribution in [3.8, 4) is 0 Å². The van der Waals surface area contributed by atoms with Crippen LogP contribution >= 0.6 is 0 Å².